The van der Waals surface area contributed by atoms with E-state index in [-0.39, 0.29) is 0 Å². The number of aryl methyl sites for hydroxylation is 1. The third kappa shape index (κ3) is 3.83. The number of allylic oxidation sites excluding steroid dienone is 3. The Labute approximate surface area is 195 Å². The average molecular weight is 451 g/mol. The molecule has 6 nitrogen and oxygen atoms in total. The number of pyridine rings is 2. The van der Waals surface area contributed by atoms with Gasteiger partial charge in [-0.05, 0) is 49.8 Å². The predicted molar refractivity (Wildman–Crippen MR) is 136 cm³/mol. The van der Waals surface area contributed by atoms with Crippen LogP contribution in [0.15, 0.2) is 74.1 Å². The van der Waals surface area contributed by atoms with Gasteiger partial charge in [-0.2, -0.15) is 5.10 Å². The number of aromatic nitrogens is 6. The first-order valence-electron chi connectivity index (χ1n) is 10.5. The molecular weight excluding hydrogens is 428 g/mol. The summed E-state index contributed by atoms with van der Waals surface area (Å²) >= 11 is 1.69. The average Bonchev–Trinajstić information content (AvgIpc) is 3.56. The molecule has 0 bridgehead atoms. The van der Waals surface area contributed by atoms with E-state index in [0.717, 1.165) is 54.6 Å². The monoisotopic (exact) mass is 450 g/mol. The molecule has 0 aliphatic carbocycles. The van der Waals surface area contributed by atoms with E-state index in [0.29, 0.717) is 11.5 Å². The second-order valence-corrected chi connectivity index (χ2v) is 8.81. The third-order valence-corrected chi connectivity index (χ3v) is 6.60. The number of thiophene rings is 1. The fourth-order valence-electron chi connectivity index (χ4n) is 3.70. The molecule has 0 saturated carbocycles. The lowest BCUT2D eigenvalue weighted by atomic mass is 10.1. The van der Waals surface area contributed by atoms with E-state index in [9.17, 15) is 0 Å². The van der Waals surface area contributed by atoms with Crippen molar-refractivity contribution in [2.24, 2.45) is 0 Å². The normalized spacial score (nSPS) is 11.8. The maximum absolute atomic E-state index is 4.95. The third-order valence-electron chi connectivity index (χ3n) is 5.32. The fraction of sp³-hybridized carbons (Fsp3) is 0.0769. The van der Waals surface area contributed by atoms with Gasteiger partial charge in [0.25, 0.3) is 0 Å². The van der Waals surface area contributed by atoms with Crippen LogP contribution in [0.3, 0.4) is 0 Å². The minimum absolute atomic E-state index is 0.631. The first-order valence-corrected chi connectivity index (χ1v) is 11.3. The van der Waals surface area contributed by atoms with Crippen LogP contribution in [0.1, 0.15) is 28.1 Å². The molecule has 7 heteroatoms. The molecule has 0 unspecified atom stereocenters. The van der Waals surface area contributed by atoms with Crippen LogP contribution in [0.4, 0.5) is 0 Å². The van der Waals surface area contributed by atoms with Gasteiger partial charge in [0, 0.05) is 39.0 Å². The van der Waals surface area contributed by atoms with E-state index >= 15 is 0 Å². The number of nitrogens with one attached hydrogen (secondary N) is 2. The van der Waals surface area contributed by atoms with Crippen LogP contribution in [0.25, 0.3) is 45.0 Å². The summed E-state index contributed by atoms with van der Waals surface area (Å²) in [6.07, 6.45) is 7.34. The highest BCUT2D eigenvalue weighted by Gasteiger charge is 2.19. The van der Waals surface area contributed by atoms with Crippen LogP contribution >= 0.6 is 11.3 Å². The molecule has 5 heterocycles. The highest BCUT2D eigenvalue weighted by Crippen LogP contribution is 2.35. The van der Waals surface area contributed by atoms with Crippen molar-refractivity contribution < 1.29 is 0 Å². The van der Waals surface area contributed by atoms with Gasteiger partial charge in [0.05, 0.1) is 16.8 Å². The molecule has 0 fully saturated rings. The van der Waals surface area contributed by atoms with Crippen LogP contribution in [-0.4, -0.2) is 30.1 Å². The van der Waals surface area contributed by atoms with Gasteiger partial charge in [-0.1, -0.05) is 31.4 Å². The topological polar surface area (TPSA) is 83.1 Å². The number of hydrogen-bond donors (Lipinski definition) is 2. The second-order valence-electron chi connectivity index (χ2n) is 7.73. The maximum atomic E-state index is 4.95. The first-order chi connectivity index (χ1) is 16.0. The van der Waals surface area contributed by atoms with Gasteiger partial charge in [-0.15, -0.1) is 11.3 Å². The summed E-state index contributed by atoms with van der Waals surface area (Å²) < 4.78 is 0. The summed E-state index contributed by atoms with van der Waals surface area (Å²) in [6.45, 7) is 12.0. The highest BCUT2D eigenvalue weighted by molar-refractivity contribution is 7.14. The number of rotatable bonds is 6. The van der Waals surface area contributed by atoms with Gasteiger partial charge in [0.2, 0.25) is 0 Å². The SMILES string of the molecule is C=C/C=C(/c1ccc(C(=C)C)s1)c1nc(-c2[nH]nc3ncc(-c4ccccn4)cc23)[nH]c1C. The van der Waals surface area contributed by atoms with E-state index < -0.39 is 0 Å². The Balaban J connectivity index is 1.59. The lowest BCUT2D eigenvalue weighted by Gasteiger charge is -2.02. The van der Waals surface area contributed by atoms with E-state index in [1.165, 1.54) is 0 Å². The molecular formula is C26H22N6S. The molecule has 5 aromatic rings. The van der Waals surface area contributed by atoms with Crippen molar-refractivity contribution >= 4 is 33.5 Å². The maximum Gasteiger partial charge on any atom is 0.181 e. The zero-order chi connectivity index (χ0) is 22.9. The smallest absolute Gasteiger partial charge is 0.181 e. The molecule has 2 N–H and O–H groups in total. The number of hydrogen-bond acceptors (Lipinski definition) is 5. The van der Waals surface area contributed by atoms with Crippen molar-refractivity contribution in [2.45, 2.75) is 13.8 Å². The first kappa shape index (κ1) is 20.8. The molecule has 162 valence electrons. The molecule has 0 atom stereocenters. The molecule has 0 spiro atoms. The van der Waals surface area contributed by atoms with Crippen molar-refractivity contribution in [1.29, 1.82) is 0 Å². The van der Waals surface area contributed by atoms with Crippen LogP contribution in [0.5, 0.6) is 0 Å². The Morgan fingerprint density at radius 3 is 2.70 bits per heavy atom. The second kappa shape index (κ2) is 8.44. The molecule has 0 aliphatic heterocycles. The summed E-state index contributed by atoms with van der Waals surface area (Å²) in [5.74, 6) is 0.705. The van der Waals surface area contributed by atoms with E-state index in [4.69, 9.17) is 4.98 Å². The zero-order valence-corrected chi connectivity index (χ0v) is 19.2. The van der Waals surface area contributed by atoms with Gasteiger partial charge >= 0.3 is 0 Å². The zero-order valence-electron chi connectivity index (χ0n) is 18.4. The lowest BCUT2D eigenvalue weighted by molar-refractivity contribution is 1.08. The number of nitrogens with zero attached hydrogens (tertiary/aromatic N) is 4. The number of imidazole rings is 1. The molecule has 0 aliphatic rings. The molecule has 0 saturated heterocycles. The Morgan fingerprint density at radius 2 is 1.97 bits per heavy atom. The van der Waals surface area contributed by atoms with Gasteiger partial charge < -0.3 is 4.98 Å². The van der Waals surface area contributed by atoms with Crippen LogP contribution < -0.4 is 0 Å². The minimum Gasteiger partial charge on any atom is -0.340 e. The van der Waals surface area contributed by atoms with Crippen molar-refractivity contribution in [3.63, 3.8) is 0 Å². The largest absolute Gasteiger partial charge is 0.340 e. The van der Waals surface area contributed by atoms with Crippen LogP contribution in [0.2, 0.25) is 0 Å². The highest BCUT2D eigenvalue weighted by atomic mass is 32.1. The van der Waals surface area contributed by atoms with E-state index in [1.807, 2.05) is 44.2 Å². The number of H-pyrrole nitrogens is 2. The van der Waals surface area contributed by atoms with Gasteiger partial charge in [-0.3, -0.25) is 10.1 Å². The summed E-state index contributed by atoms with van der Waals surface area (Å²) in [5, 5.41) is 8.36. The molecule has 33 heavy (non-hydrogen) atoms. The molecule has 0 aromatic carbocycles. The van der Waals surface area contributed by atoms with E-state index in [2.05, 4.69) is 50.4 Å². The molecule has 0 amide bonds. The Hall–Kier alpha value is -4.10. The summed E-state index contributed by atoms with van der Waals surface area (Å²) in [5.41, 5.74) is 7.09. The number of fused-ring (bicyclic) bond motifs is 1. The fourth-order valence-corrected chi connectivity index (χ4v) is 4.66. The molecule has 5 aromatic heterocycles. The summed E-state index contributed by atoms with van der Waals surface area (Å²) in [7, 11) is 0. The number of aromatic amines is 2. The van der Waals surface area contributed by atoms with Crippen LogP contribution in [-0.2, 0) is 0 Å². The molecule has 0 radical (unpaired) electrons. The standard InChI is InChI=1S/C26H22N6S/c1-5-8-18(22-11-10-21(33-22)15(2)3)23-16(4)29-26(30-23)24-19-13-17(14-28-25(19)32-31-24)20-9-6-7-12-27-20/h5-14H,1-2H2,3-4H3,(H,29,30)(H,28,31,32)/b18-8-. The summed E-state index contributed by atoms with van der Waals surface area (Å²) in [6, 6.07) is 12.1. The summed E-state index contributed by atoms with van der Waals surface area (Å²) in [4.78, 5) is 19.6. The van der Waals surface area contributed by atoms with Crippen molar-refractivity contribution in [3.05, 3.63) is 95.2 Å². The predicted octanol–water partition coefficient (Wildman–Crippen LogP) is 6.43. The Kier molecular flexibility index (Phi) is 5.32. The minimum atomic E-state index is 0.631. The quantitative estimate of drug-likeness (QED) is 0.292. The Bertz CT molecular complexity index is 1520. The van der Waals surface area contributed by atoms with E-state index in [1.54, 1.807) is 29.8 Å². The van der Waals surface area contributed by atoms with Crippen molar-refractivity contribution in [1.82, 2.24) is 30.1 Å². The molecule has 5 rings (SSSR count). The van der Waals surface area contributed by atoms with Gasteiger partial charge in [0.1, 0.15) is 5.69 Å². The Morgan fingerprint density at radius 1 is 1.12 bits per heavy atom. The van der Waals surface area contributed by atoms with Gasteiger partial charge in [-0.25, -0.2) is 9.97 Å². The van der Waals surface area contributed by atoms with Crippen molar-refractivity contribution in [3.8, 4) is 22.8 Å². The van der Waals surface area contributed by atoms with Crippen LogP contribution in [0, 0.1) is 6.92 Å². The lowest BCUT2D eigenvalue weighted by Crippen LogP contribution is -1.88. The van der Waals surface area contributed by atoms with Crippen molar-refractivity contribution in [2.75, 3.05) is 0 Å². The van der Waals surface area contributed by atoms with Gasteiger partial charge in [0.15, 0.2) is 11.5 Å².